The van der Waals surface area contributed by atoms with Crippen LogP contribution in [0, 0.1) is 0 Å². The van der Waals surface area contributed by atoms with Gasteiger partial charge in [-0.15, -0.1) is 0 Å². The van der Waals surface area contributed by atoms with Crippen molar-refractivity contribution in [3.8, 4) is 0 Å². The van der Waals surface area contributed by atoms with Gasteiger partial charge in [-0.3, -0.25) is 4.79 Å². The van der Waals surface area contributed by atoms with Gasteiger partial charge in [0.2, 0.25) is 0 Å². The Kier molecular flexibility index (Phi) is 1.04. The predicted molar refractivity (Wildman–Crippen MR) is 34.3 cm³/mol. The highest BCUT2D eigenvalue weighted by Gasteiger charge is 2.50. The van der Waals surface area contributed by atoms with Crippen LogP contribution in [0.2, 0.25) is 0 Å². The standard InChI is InChI=1S/C6H10N2O2/c7-5(9)6-1-4(2-10-6)8-3-6/h4,8H,1-3H2,(H2,7,9). The van der Waals surface area contributed by atoms with Crippen LogP contribution in [0.15, 0.2) is 0 Å². The van der Waals surface area contributed by atoms with Crippen molar-refractivity contribution >= 4 is 5.91 Å². The first-order valence-corrected chi connectivity index (χ1v) is 3.40. The van der Waals surface area contributed by atoms with Crippen LogP contribution in [0.3, 0.4) is 0 Å². The first kappa shape index (κ1) is 6.12. The van der Waals surface area contributed by atoms with E-state index in [4.69, 9.17) is 10.5 Å². The summed E-state index contributed by atoms with van der Waals surface area (Å²) in [5.74, 6) is -0.333. The summed E-state index contributed by atoms with van der Waals surface area (Å²) in [6.45, 7) is 1.22. The van der Waals surface area contributed by atoms with E-state index in [1.807, 2.05) is 0 Å². The smallest absolute Gasteiger partial charge is 0.251 e. The molecular formula is C6H10N2O2. The fraction of sp³-hybridized carbons (Fsp3) is 0.833. The normalized spacial score (nSPS) is 44.2. The van der Waals surface area contributed by atoms with Gasteiger partial charge in [0, 0.05) is 19.0 Å². The molecule has 0 aromatic heterocycles. The summed E-state index contributed by atoms with van der Waals surface area (Å²) in [4.78, 5) is 10.8. The van der Waals surface area contributed by atoms with Crippen LogP contribution < -0.4 is 11.1 Å². The van der Waals surface area contributed by atoms with Gasteiger partial charge in [-0.2, -0.15) is 0 Å². The second-order valence-electron chi connectivity index (χ2n) is 2.95. The molecular weight excluding hydrogens is 132 g/mol. The number of hydrogen-bond donors (Lipinski definition) is 2. The van der Waals surface area contributed by atoms with E-state index in [9.17, 15) is 4.79 Å². The molecule has 4 heteroatoms. The Bertz CT molecular complexity index is 173. The van der Waals surface area contributed by atoms with Crippen molar-refractivity contribution < 1.29 is 9.53 Å². The first-order valence-electron chi connectivity index (χ1n) is 3.40. The molecule has 10 heavy (non-hydrogen) atoms. The van der Waals surface area contributed by atoms with Gasteiger partial charge in [0.05, 0.1) is 6.61 Å². The molecule has 2 heterocycles. The fourth-order valence-corrected chi connectivity index (χ4v) is 1.60. The molecule has 2 aliphatic heterocycles. The summed E-state index contributed by atoms with van der Waals surface area (Å²) in [5, 5.41) is 3.15. The zero-order valence-electron chi connectivity index (χ0n) is 5.59. The maximum absolute atomic E-state index is 10.8. The Labute approximate surface area is 58.7 Å². The van der Waals surface area contributed by atoms with Crippen LogP contribution in [-0.2, 0) is 9.53 Å². The predicted octanol–water partition coefficient (Wildman–Crippen LogP) is -1.40. The third-order valence-corrected chi connectivity index (χ3v) is 2.26. The van der Waals surface area contributed by atoms with Crippen LogP contribution in [0.1, 0.15) is 6.42 Å². The molecule has 2 atom stereocenters. The van der Waals surface area contributed by atoms with E-state index in [1.54, 1.807) is 0 Å². The van der Waals surface area contributed by atoms with E-state index in [2.05, 4.69) is 5.32 Å². The van der Waals surface area contributed by atoms with E-state index in [1.165, 1.54) is 0 Å². The van der Waals surface area contributed by atoms with Crippen LogP contribution >= 0.6 is 0 Å². The van der Waals surface area contributed by atoms with Gasteiger partial charge in [-0.1, -0.05) is 0 Å². The summed E-state index contributed by atoms with van der Waals surface area (Å²) in [6.07, 6.45) is 0.752. The van der Waals surface area contributed by atoms with E-state index >= 15 is 0 Å². The first-order chi connectivity index (χ1) is 4.73. The third kappa shape index (κ3) is 0.602. The van der Waals surface area contributed by atoms with Crippen molar-refractivity contribution in [3.05, 3.63) is 0 Å². The number of fused-ring (bicyclic) bond motifs is 2. The summed E-state index contributed by atoms with van der Waals surface area (Å²) in [6, 6.07) is 0.354. The van der Waals surface area contributed by atoms with E-state index in [0.717, 1.165) is 6.42 Å². The molecule has 2 saturated heterocycles. The Balaban J connectivity index is 2.23. The molecule has 2 fully saturated rings. The number of ether oxygens (including phenoxy) is 1. The fourth-order valence-electron chi connectivity index (χ4n) is 1.60. The van der Waals surface area contributed by atoms with Gasteiger partial charge in [-0.05, 0) is 0 Å². The van der Waals surface area contributed by atoms with E-state index < -0.39 is 5.60 Å². The van der Waals surface area contributed by atoms with Crippen LogP contribution in [0.25, 0.3) is 0 Å². The van der Waals surface area contributed by atoms with E-state index in [-0.39, 0.29) is 5.91 Å². The average Bonchev–Trinajstić information content (AvgIpc) is 2.45. The number of primary amides is 1. The molecule has 0 radical (unpaired) electrons. The van der Waals surface area contributed by atoms with E-state index in [0.29, 0.717) is 19.2 Å². The number of amides is 1. The Hall–Kier alpha value is -0.610. The quantitative estimate of drug-likeness (QED) is 0.473. The molecule has 0 saturated carbocycles. The monoisotopic (exact) mass is 142 g/mol. The van der Waals surface area contributed by atoms with Gasteiger partial charge in [-0.25, -0.2) is 0 Å². The van der Waals surface area contributed by atoms with Crippen LogP contribution in [-0.4, -0.2) is 30.7 Å². The highest BCUT2D eigenvalue weighted by atomic mass is 16.5. The zero-order chi connectivity index (χ0) is 7.19. The number of morpholine rings is 1. The molecule has 0 aromatic rings. The number of carbonyl (C=O) groups is 1. The molecule has 2 bridgehead atoms. The highest BCUT2D eigenvalue weighted by molar-refractivity contribution is 5.84. The molecule has 0 aromatic carbocycles. The average molecular weight is 142 g/mol. The third-order valence-electron chi connectivity index (χ3n) is 2.26. The topological polar surface area (TPSA) is 64.4 Å². The van der Waals surface area contributed by atoms with Crippen molar-refractivity contribution in [1.82, 2.24) is 5.32 Å². The molecule has 1 amide bonds. The van der Waals surface area contributed by atoms with Crippen molar-refractivity contribution in [1.29, 1.82) is 0 Å². The minimum Gasteiger partial charge on any atom is -0.367 e. The summed E-state index contributed by atoms with van der Waals surface area (Å²) < 4.78 is 5.26. The number of nitrogens with one attached hydrogen (secondary N) is 1. The summed E-state index contributed by atoms with van der Waals surface area (Å²) >= 11 is 0. The maximum Gasteiger partial charge on any atom is 0.251 e. The second kappa shape index (κ2) is 1.71. The summed E-state index contributed by atoms with van der Waals surface area (Å²) in [7, 11) is 0. The SMILES string of the molecule is NC(=O)C12CNC(CO1)C2. The molecule has 0 spiro atoms. The number of nitrogens with two attached hydrogens (primary N) is 1. The minimum absolute atomic E-state index is 0.333. The second-order valence-corrected chi connectivity index (χ2v) is 2.95. The zero-order valence-corrected chi connectivity index (χ0v) is 5.59. The minimum atomic E-state index is -0.662. The van der Waals surface area contributed by atoms with Crippen molar-refractivity contribution in [2.75, 3.05) is 13.2 Å². The van der Waals surface area contributed by atoms with Gasteiger partial charge in [0.25, 0.3) is 5.91 Å². The highest BCUT2D eigenvalue weighted by Crippen LogP contribution is 2.30. The molecule has 4 nitrogen and oxygen atoms in total. The molecule has 2 rings (SSSR count). The van der Waals surface area contributed by atoms with Crippen LogP contribution in [0.5, 0.6) is 0 Å². The molecule has 56 valence electrons. The van der Waals surface area contributed by atoms with Gasteiger partial charge >= 0.3 is 0 Å². The van der Waals surface area contributed by atoms with Crippen LogP contribution in [0.4, 0.5) is 0 Å². The number of rotatable bonds is 1. The van der Waals surface area contributed by atoms with Gasteiger partial charge in [0.1, 0.15) is 0 Å². The van der Waals surface area contributed by atoms with Gasteiger partial charge in [0.15, 0.2) is 5.60 Å². The molecule has 2 aliphatic rings. The maximum atomic E-state index is 10.8. The Morgan fingerprint density at radius 1 is 1.80 bits per heavy atom. The Morgan fingerprint density at radius 2 is 2.60 bits per heavy atom. The largest absolute Gasteiger partial charge is 0.367 e. The van der Waals surface area contributed by atoms with Gasteiger partial charge < -0.3 is 15.8 Å². The molecule has 0 aliphatic carbocycles. The molecule has 2 unspecified atom stereocenters. The number of hydrogen-bond acceptors (Lipinski definition) is 3. The van der Waals surface area contributed by atoms with Crippen molar-refractivity contribution in [2.45, 2.75) is 18.1 Å². The Morgan fingerprint density at radius 3 is 2.80 bits per heavy atom. The lowest BCUT2D eigenvalue weighted by Gasteiger charge is -2.22. The number of carbonyl (C=O) groups excluding carboxylic acids is 1. The summed E-state index contributed by atoms with van der Waals surface area (Å²) in [5.41, 5.74) is 4.50. The van der Waals surface area contributed by atoms with Crippen molar-refractivity contribution in [3.63, 3.8) is 0 Å². The molecule has 3 N–H and O–H groups in total. The lowest BCUT2D eigenvalue weighted by atomic mass is 10.0. The lowest BCUT2D eigenvalue weighted by molar-refractivity contribution is -0.137. The lowest BCUT2D eigenvalue weighted by Crippen LogP contribution is -2.48. The van der Waals surface area contributed by atoms with Crippen molar-refractivity contribution in [2.24, 2.45) is 5.73 Å².